The first-order valence-electron chi connectivity index (χ1n) is 8.08. The fraction of sp³-hybridized carbons (Fsp3) is 0.0500. The number of ether oxygens (including phenoxy) is 1. The third-order valence-corrected chi connectivity index (χ3v) is 4.15. The minimum Gasteiger partial charge on any atom is -0.439 e. The van der Waals surface area contributed by atoms with Gasteiger partial charge in [-0.3, -0.25) is 9.59 Å². The van der Waals surface area contributed by atoms with Crippen molar-refractivity contribution in [2.45, 2.75) is 6.42 Å². The van der Waals surface area contributed by atoms with Crippen molar-refractivity contribution in [2.24, 2.45) is 5.73 Å². The van der Waals surface area contributed by atoms with Crippen molar-refractivity contribution in [2.75, 3.05) is 5.32 Å². The molecule has 0 aliphatic heterocycles. The molecule has 0 saturated carbocycles. The topological polar surface area (TPSA) is 94.3 Å². The maximum absolute atomic E-state index is 12.3. The molecule has 136 valence electrons. The molecule has 6 nitrogen and oxygen atoms in total. The van der Waals surface area contributed by atoms with Crippen molar-refractivity contribution in [1.82, 2.24) is 4.98 Å². The van der Waals surface area contributed by atoms with Gasteiger partial charge in [-0.15, -0.1) is 0 Å². The summed E-state index contributed by atoms with van der Waals surface area (Å²) < 4.78 is 6.59. The fourth-order valence-corrected chi connectivity index (χ4v) is 2.57. The Hall–Kier alpha value is -3.19. The third-order valence-electron chi connectivity index (χ3n) is 3.62. The van der Waals surface area contributed by atoms with Crippen LogP contribution in [0.2, 0.25) is 0 Å². The average molecular weight is 426 g/mol. The Balaban J connectivity index is 1.61. The molecule has 7 heteroatoms. The Kier molecular flexibility index (Phi) is 5.83. The molecule has 2 aromatic carbocycles. The van der Waals surface area contributed by atoms with Crippen LogP contribution in [-0.2, 0) is 11.2 Å². The number of rotatable bonds is 6. The predicted octanol–water partition coefficient (Wildman–Crippen LogP) is 3.92. The van der Waals surface area contributed by atoms with Gasteiger partial charge in [-0.2, -0.15) is 0 Å². The van der Waals surface area contributed by atoms with E-state index in [1.54, 1.807) is 36.4 Å². The van der Waals surface area contributed by atoms with Crippen LogP contribution >= 0.6 is 15.9 Å². The molecule has 0 atom stereocenters. The van der Waals surface area contributed by atoms with E-state index in [2.05, 4.69) is 26.2 Å². The Morgan fingerprint density at radius 1 is 1.00 bits per heavy atom. The number of nitrogens with zero attached hydrogens (tertiary/aromatic N) is 1. The van der Waals surface area contributed by atoms with Gasteiger partial charge >= 0.3 is 0 Å². The number of aromatic nitrogens is 1. The monoisotopic (exact) mass is 425 g/mol. The zero-order valence-corrected chi connectivity index (χ0v) is 15.8. The lowest BCUT2D eigenvalue weighted by Crippen LogP contribution is -2.14. The largest absolute Gasteiger partial charge is 0.439 e. The number of nitrogens with two attached hydrogens (primary N) is 1. The number of benzene rings is 2. The quantitative estimate of drug-likeness (QED) is 0.625. The molecule has 0 saturated heterocycles. The van der Waals surface area contributed by atoms with Crippen molar-refractivity contribution >= 4 is 33.4 Å². The lowest BCUT2D eigenvalue weighted by molar-refractivity contribution is -0.117. The zero-order chi connectivity index (χ0) is 19.2. The van der Waals surface area contributed by atoms with E-state index in [1.165, 1.54) is 6.20 Å². The van der Waals surface area contributed by atoms with E-state index in [0.717, 1.165) is 10.0 Å². The molecule has 0 radical (unpaired) electrons. The Morgan fingerprint density at radius 3 is 2.30 bits per heavy atom. The van der Waals surface area contributed by atoms with Gasteiger partial charge in [0.1, 0.15) is 5.75 Å². The van der Waals surface area contributed by atoms with Crippen molar-refractivity contribution in [3.05, 3.63) is 82.5 Å². The first-order chi connectivity index (χ1) is 13.0. The Morgan fingerprint density at radius 2 is 1.70 bits per heavy atom. The van der Waals surface area contributed by atoms with E-state index >= 15 is 0 Å². The summed E-state index contributed by atoms with van der Waals surface area (Å²) in [6, 6.07) is 17.6. The molecular formula is C20H16BrN3O3. The number of primary amides is 1. The van der Waals surface area contributed by atoms with Crippen LogP contribution < -0.4 is 15.8 Å². The van der Waals surface area contributed by atoms with E-state index in [1.807, 2.05) is 24.3 Å². The van der Waals surface area contributed by atoms with Crippen molar-refractivity contribution in [3.8, 4) is 11.6 Å². The van der Waals surface area contributed by atoms with Gasteiger partial charge in [0, 0.05) is 22.4 Å². The number of amides is 2. The van der Waals surface area contributed by atoms with Crippen molar-refractivity contribution in [3.63, 3.8) is 0 Å². The fourth-order valence-electron chi connectivity index (χ4n) is 2.31. The molecule has 1 heterocycles. The minimum absolute atomic E-state index is 0.165. The van der Waals surface area contributed by atoms with E-state index in [4.69, 9.17) is 10.5 Å². The number of halogens is 1. The number of hydrogen-bond acceptors (Lipinski definition) is 4. The first kappa shape index (κ1) is 18.6. The highest BCUT2D eigenvalue weighted by atomic mass is 79.9. The van der Waals surface area contributed by atoms with Crippen LogP contribution in [-0.4, -0.2) is 16.8 Å². The highest BCUT2D eigenvalue weighted by Gasteiger charge is 2.08. The summed E-state index contributed by atoms with van der Waals surface area (Å²) in [5.41, 5.74) is 6.96. The van der Waals surface area contributed by atoms with Crippen LogP contribution in [0.25, 0.3) is 0 Å². The van der Waals surface area contributed by atoms with Crippen molar-refractivity contribution < 1.29 is 14.3 Å². The molecule has 0 aliphatic carbocycles. The number of carbonyl (C=O) groups excluding carboxylic acids is 2. The number of anilines is 1. The van der Waals surface area contributed by atoms with E-state index in [0.29, 0.717) is 22.9 Å². The molecule has 3 aromatic rings. The second kappa shape index (κ2) is 8.46. The van der Waals surface area contributed by atoms with Gasteiger partial charge in [0.2, 0.25) is 11.8 Å². The summed E-state index contributed by atoms with van der Waals surface area (Å²) in [6.07, 6.45) is 1.61. The molecule has 1 aromatic heterocycles. The van der Waals surface area contributed by atoms with Crippen LogP contribution in [0.1, 0.15) is 15.9 Å². The zero-order valence-electron chi connectivity index (χ0n) is 14.2. The molecule has 0 spiro atoms. The van der Waals surface area contributed by atoms with E-state index < -0.39 is 5.91 Å². The summed E-state index contributed by atoms with van der Waals surface area (Å²) in [5, 5.41) is 2.77. The van der Waals surface area contributed by atoms with Gasteiger partial charge in [0.25, 0.3) is 5.91 Å². The smallest absolute Gasteiger partial charge is 0.257 e. The second-order valence-electron chi connectivity index (χ2n) is 5.74. The van der Waals surface area contributed by atoms with E-state index in [-0.39, 0.29) is 12.3 Å². The van der Waals surface area contributed by atoms with Gasteiger partial charge < -0.3 is 15.8 Å². The summed E-state index contributed by atoms with van der Waals surface area (Å²) in [4.78, 5) is 27.4. The van der Waals surface area contributed by atoms with Gasteiger partial charge in [-0.1, -0.05) is 28.1 Å². The minimum atomic E-state index is -0.400. The van der Waals surface area contributed by atoms with Gasteiger partial charge in [0.05, 0.1) is 12.0 Å². The lowest BCUT2D eigenvalue weighted by Gasteiger charge is -2.08. The standard InChI is InChI=1S/C20H16BrN3O3/c21-15-4-8-17(9-5-15)27-19-10-3-14(12-23-19)20(26)24-16-6-1-13(2-7-16)11-18(22)25/h1-10,12H,11H2,(H2,22,25)(H,24,26). The van der Waals surface area contributed by atoms with Crippen LogP contribution in [0.3, 0.4) is 0 Å². The summed E-state index contributed by atoms with van der Waals surface area (Å²) in [5.74, 6) is 0.354. The molecule has 3 N–H and O–H groups in total. The molecule has 0 aliphatic rings. The predicted molar refractivity (Wildman–Crippen MR) is 106 cm³/mol. The van der Waals surface area contributed by atoms with Gasteiger partial charge in [-0.25, -0.2) is 4.98 Å². The molecule has 2 amide bonds. The molecular weight excluding hydrogens is 410 g/mol. The van der Waals surface area contributed by atoms with Gasteiger partial charge in [0.15, 0.2) is 0 Å². The summed E-state index contributed by atoms with van der Waals surface area (Å²) in [7, 11) is 0. The number of nitrogens with one attached hydrogen (secondary N) is 1. The summed E-state index contributed by atoms with van der Waals surface area (Å²) in [6.45, 7) is 0. The number of hydrogen-bond donors (Lipinski definition) is 2. The second-order valence-corrected chi connectivity index (χ2v) is 6.65. The molecule has 0 bridgehead atoms. The number of pyridine rings is 1. The molecule has 0 fully saturated rings. The van der Waals surface area contributed by atoms with Crippen LogP contribution in [0.15, 0.2) is 71.3 Å². The first-order valence-corrected chi connectivity index (χ1v) is 8.87. The van der Waals surface area contributed by atoms with Crippen LogP contribution in [0, 0.1) is 0 Å². The van der Waals surface area contributed by atoms with E-state index in [9.17, 15) is 9.59 Å². The normalized spacial score (nSPS) is 10.3. The Labute approximate surface area is 164 Å². The maximum Gasteiger partial charge on any atom is 0.257 e. The SMILES string of the molecule is NC(=O)Cc1ccc(NC(=O)c2ccc(Oc3ccc(Br)cc3)nc2)cc1. The maximum atomic E-state index is 12.3. The lowest BCUT2D eigenvalue weighted by atomic mass is 10.1. The highest BCUT2D eigenvalue weighted by molar-refractivity contribution is 9.10. The van der Waals surface area contributed by atoms with Gasteiger partial charge in [-0.05, 0) is 48.0 Å². The van der Waals surface area contributed by atoms with Crippen LogP contribution in [0.5, 0.6) is 11.6 Å². The number of carbonyl (C=O) groups is 2. The molecule has 3 rings (SSSR count). The Bertz CT molecular complexity index is 940. The van der Waals surface area contributed by atoms with Crippen LogP contribution in [0.4, 0.5) is 5.69 Å². The molecule has 27 heavy (non-hydrogen) atoms. The third kappa shape index (κ3) is 5.39. The van der Waals surface area contributed by atoms with Crippen molar-refractivity contribution in [1.29, 1.82) is 0 Å². The highest BCUT2D eigenvalue weighted by Crippen LogP contribution is 2.22. The molecule has 0 unspecified atom stereocenters. The average Bonchev–Trinajstić information content (AvgIpc) is 2.65. The summed E-state index contributed by atoms with van der Waals surface area (Å²) >= 11 is 3.36.